The molecule has 3 rings (SSSR count). The molecule has 0 N–H and O–H groups in total. The maximum absolute atomic E-state index is 5.25. The Morgan fingerprint density at radius 1 is 0.800 bits per heavy atom. The van der Waals surface area contributed by atoms with Crippen LogP contribution < -0.4 is 9.47 Å². The van der Waals surface area contributed by atoms with Crippen LogP contribution in [-0.2, 0) is 5.41 Å². The summed E-state index contributed by atoms with van der Waals surface area (Å²) < 4.78 is 10.5. The summed E-state index contributed by atoms with van der Waals surface area (Å²) in [5, 5.41) is 0. The van der Waals surface area contributed by atoms with Crippen molar-refractivity contribution in [2.45, 2.75) is 18.8 Å². The van der Waals surface area contributed by atoms with Gasteiger partial charge in [-0.3, -0.25) is 0 Å². The lowest BCUT2D eigenvalue weighted by Gasteiger charge is -2.19. The van der Waals surface area contributed by atoms with Crippen LogP contribution >= 0.6 is 0 Å². The molecule has 1 fully saturated rings. The van der Waals surface area contributed by atoms with E-state index < -0.39 is 0 Å². The molecule has 2 heteroatoms. The van der Waals surface area contributed by atoms with Crippen molar-refractivity contribution < 1.29 is 9.47 Å². The minimum atomic E-state index is 0.165. The fourth-order valence-corrected chi connectivity index (χ4v) is 3.17. The molecule has 1 saturated carbocycles. The molecule has 0 heterocycles. The lowest BCUT2D eigenvalue weighted by atomic mass is 9.86. The topological polar surface area (TPSA) is 18.5 Å². The summed E-state index contributed by atoms with van der Waals surface area (Å²) in [7, 11) is 3.40. The predicted octanol–water partition coefficient (Wildman–Crippen LogP) is 4.03. The molecule has 2 aromatic carbocycles. The van der Waals surface area contributed by atoms with Crippen LogP contribution in [0.3, 0.4) is 0 Å². The highest BCUT2D eigenvalue weighted by atomic mass is 16.5. The van der Waals surface area contributed by atoms with Crippen LogP contribution in [0.4, 0.5) is 0 Å². The van der Waals surface area contributed by atoms with Gasteiger partial charge in [0.25, 0.3) is 0 Å². The van der Waals surface area contributed by atoms with Crippen molar-refractivity contribution in [2.75, 3.05) is 14.2 Å². The van der Waals surface area contributed by atoms with E-state index in [1.54, 1.807) is 14.2 Å². The van der Waals surface area contributed by atoms with Crippen molar-refractivity contribution in [1.29, 1.82) is 0 Å². The van der Waals surface area contributed by atoms with Crippen LogP contribution in [0.2, 0.25) is 0 Å². The quantitative estimate of drug-likeness (QED) is 0.833. The Labute approximate surface area is 120 Å². The van der Waals surface area contributed by atoms with E-state index in [4.69, 9.17) is 9.47 Å². The molecule has 1 aliphatic rings. The average molecular weight is 268 g/mol. The maximum atomic E-state index is 5.25. The van der Waals surface area contributed by atoms with Crippen molar-refractivity contribution in [3.05, 3.63) is 59.7 Å². The fourth-order valence-electron chi connectivity index (χ4n) is 3.17. The van der Waals surface area contributed by atoms with Crippen molar-refractivity contribution in [2.24, 2.45) is 5.92 Å². The number of hydrogen-bond donors (Lipinski definition) is 0. The lowest BCUT2D eigenvalue weighted by molar-refractivity contribution is 0.414. The lowest BCUT2D eigenvalue weighted by Crippen LogP contribution is -2.11. The van der Waals surface area contributed by atoms with Crippen molar-refractivity contribution in [3.8, 4) is 11.5 Å². The largest absolute Gasteiger partial charge is 0.497 e. The minimum Gasteiger partial charge on any atom is -0.497 e. The molecule has 0 amide bonds. The van der Waals surface area contributed by atoms with Gasteiger partial charge in [0.15, 0.2) is 0 Å². The first-order valence-corrected chi connectivity index (χ1v) is 7.00. The summed E-state index contributed by atoms with van der Waals surface area (Å²) in [4.78, 5) is 0. The van der Waals surface area contributed by atoms with Gasteiger partial charge < -0.3 is 9.47 Å². The molecule has 0 spiro atoms. The minimum absolute atomic E-state index is 0.165. The van der Waals surface area contributed by atoms with Gasteiger partial charge in [0.1, 0.15) is 11.5 Å². The Kier molecular flexibility index (Phi) is 3.17. The third kappa shape index (κ3) is 1.96. The zero-order valence-corrected chi connectivity index (χ0v) is 12.2. The maximum Gasteiger partial charge on any atom is 0.118 e. The molecule has 1 unspecified atom stereocenters. The Balaban J connectivity index is 1.97. The molecule has 0 aliphatic heterocycles. The molecule has 0 radical (unpaired) electrons. The van der Waals surface area contributed by atoms with Gasteiger partial charge in [-0.2, -0.15) is 0 Å². The van der Waals surface area contributed by atoms with E-state index in [1.807, 2.05) is 24.3 Å². The summed E-state index contributed by atoms with van der Waals surface area (Å²) >= 11 is 0. The van der Waals surface area contributed by atoms with Gasteiger partial charge in [0, 0.05) is 5.41 Å². The SMILES string of the molecule is COc1ccc(C2(c3ccc(OC)cc3)CC2C)cc1. The highest BCUT2D eigenvalue weighted by molar-refractivity contribution is 5.49. The summed E-state index contributed by atoms with van der Waals surface area (Å²) in [5.41, 5.74) is 2.91. The molecule has 1 atom stereocenters. The van der Waals surface area contributed by atoms with Gasteiger partial charge in [-0.05, 0) is 47.7 Å². The molecule has 0 aromatic heterocycles. The summed E-state index contributed by atoms with van der Waals surface area (Å²) in [6.07, 6.45) is 1.20. The van der Waals surface area contributed by atoms with Crippen molar-refractivity contribution in [1.82, 2.24) is 0 Å². The standard InChI is InChI=1S/C18H20O2/c1-13-12-18(13,14-4-8-16(19-2)9-5-14)15-6-10-17(20-3)11-7-15/h4-11,13H,12H2,1-3H3. The van der Waals surface area contributed by atoms with Crippen LogP contribution in [0.15, 0.2) is 48.5 Å². The van der Waals surface area contributed by atoms with Crippen LogP contribution in [0.5, 0.6) is 11.5 Å². The number of methoxy groups -OCH3 is 2. The van der Waals surface area contributed by atoms with E-state index in [0.717, 1.165) is 11.5 Å². The second kappa shape index (κ2) is 4.86. The van der Waals surface area contributed by atoms with E-state index in [0.29, 0.717) is 5.92 Å². The monoisotopic (exact) mass is 268 g/mol. The van der Waals surface area contributed by atoms with Crippen molar-refractivity contribution >= 4 is 0 Å². The molecule has 1 aliphatic carbocycles. The zero-order chi connectivity index (χ0) is 14.2. The highest BCUT2D eigenvalue weighted by Gasteiger charge is 2.53. The van der Waals surface area contributed by atoms with Crippen molar-refractivity contribution in [3.63, 3.8) is 0 Å². The Bertz CT molecular complexity index is 536. The molecule has 104 valence electrons. The van der Waals surface area contributed by atoms with Gasteiger partial charge in [0.2, 0.25) is 0 Å². The molecule has 2 aromatic rings. The predicted molar refractivity (Wildman–Crippen MR) is 80.5 cm³/mol. The number of benzene rings is 2. The molecule has 0 saturated heterocycles. The average Bonchev–Trinajstić information content (AvgIpc) is 3.20. The van der Waals surface area contributed by atoms with Gasteiger partial charge in [-0.25, -0.2) is 0 Å². The second-order valence-corrected chi connectivity index (χ2v) is 5.53. The van der Waals surface area contributed by atoms with Gasteiger partial charge >= 0.3 is 0 Å². The van der Waals surface area contributed by atoms with E-state index in [-0.39, 0.29) is 5.41 Å². The van der Waals surface area contributed by atoms with Gasteiger partial charge in [0.05, 0.1) is 14.2 Å². The van der Waals surface area contributed by atoms with Crippen LogP contribution in [0.1, 0.15) is 24.5 Å². The summed E-state index contributed by atoms with van der Waals surface area (Å²) in [6.45, 7) is 2.31. The number of ether oxygens (including phenoxy) is 2. The third-order valence-electron chi connectivity index (χ3n) is 4.52. The van der Waals surface area contributed by atoms with E-state index in [1.165, 1.54) is 17.5 Å². The molecular formula is C18H20O2. The smallest absolute Gasteiger partial charge is 0.118 e. The van der Waals surface area contributed by atoms with Crippen LogP contribution in [0, 0.1) is 5.92 Å². The Hall–Kier alpha value is -1.96. The molecule has 20 heavy (non-hydrogen) atoms. The Morgan fingerprint density at radius 3 is 1.40 bits per heavy atom. The van der Waals surface area contributed by atoms with Gasteiger partial charge in [-0.1, -0.05) is 31.2 Å². The third-order valence-corrected chi connectivity index (χ3v) is 4.52. The first-order valence-electron chi connectivity index (χ1n) is 7.00. The first-order chi connectivity index (χ1) is 9.70. The van der Waals surface area contributed by atoms with E-state index in [9.17, 15) is 0 Å². The second-order valence-electron chi connectivity index (χ2n) is 5.53. The van der Waals surface area contributed by atoms with Crippen LogP contribution in [0.25, 0.3) is 0 Å². The highest BCUT2D eigenvalue weighted by Crippen LogP contribution is 2.58. The number of hydrogen-bond acceptors (Lipinski definition) is 2. The Morgan fingerprint density at radius 2 is 1.15 bits per heavy atom. The molecular weight excluding hydrogens is 248 g/mol. The van der Waals surface area contributed by atoms with Gasteiger partial charge in [-0.15, -0.1) is 0 Å². The fraction of sp³-hybridized carbons (Fsp3) is 0.333. The molecule has 2 nitrogen and oxygen atoms in total. The normalized spacial score (nSPS) is 19.4. The first kappa shape index (κ1) is 13.0. The summed E-state index contributed by atoms with van der Waals surface area (Å²) in [5.74, 6) is 2.49. The van der Waals surface area contributed by atoms with E-state index >= 15 is 0 Å². The molecule has 0 bridgehead atoms. The van der Waals surface area contributed by atoms with Crippen LogP contribution in [-0.4, -0.2) is 14.2 Å². The summed E-state index contributed by atoms with van der Waals surface area (Å²) in [6, 6.07) is 16.9. The zero-order valence-electron chi connectivity index (χ0n) is 12.2. The number of rotatable bonds is 4. The van der Waals surface area contributed by atoms with E-state index in [2.05, 4.69) is 31.2 Å².